The van der Waals surface area contributed by atoms with Gasteiger partial charge in [0.1, 0.15) is 0 Å². The second kappa shape index (κ2) is 4.57. The lowest BCUT2D eigenvalue weighted by molar-refractivity contribution is -0.0903. The lowest BCUT2D eigenvalue weighted by Gasteiger charge is -2.55. The summed E-state index contributed by atoms with van der Waals surface area (Å²) in [5.74, 6) is 4.05. The summed E-state index contributed by atoms with van der Waals surface area (Å²) >= 11 is 1.78. The molecule has 1 heterocycles. The van der Waals surface area contributed by atoms with Gasteiger partial charge < -0.3 is 5.11 Å². The molecule has 6 rings (SSSR count). The first-order valence-corrected chi connectivity index (χ1v) is 9.31. The van der Waals surface area contributed by atoms with Crippen molar-refractivity contribution in [2.45, 2.75) is 38.2 Å². The van der Waals surface area contributed by atoms with E-state index in [1.807, 2.05) is 0 Å². The number of aliphatic hydroxyl groups is 1. The topological polar surface area (TPSA) is 20.2 Å². The molecule has 110 valence electrons. The molecule has 4 saturated carbocycles. The fraction of sp³-hybridized carbons (Fsp3) is 0.579. The lowest BCUT2D eigenvalue weighted by atomic mass is 9.50. The number of benzene rings is 1. The highest BCUT2D eigenvalue weighted by atomic mass is 32.1. The summed E-state index contributed by atoms with van der Waals surface area (Å²) in [7, 11) is 0. The number of hydrogen-bond acceptors (Lipinski definition) is 2. The third-order valence-electron chi connectivity index (χ3n) is 6.49. The van der Waals surface area contributed by atoms with Crippen LogP contribution in [0.15, 0.2) is 29.6 Å². The molecule has 4 aliphatic rings. The van der Waals surface area contributed by atoms with Crippen LogP contribution in [0.2, 0.25) is 0 Å². The Balaban J connectivity index is 1.54. The van der Waals surface area contributed by atoms with Crippen LogP contribution in [0.5, 0.6) is 0 Å². The second-order valence-corrected chi connectivity index (χ2v) is 8.56. The van der Waals surface area contributed by atoms with Gasteiger partial charge in [0, 0.05) is 4.70 Å². The van der Waals surface area contributed by atoms with Crippen molar-refractivity contribution >= 4 is 21.4 Å². The predicted molar refractivity (Wildman–Crippen MR) is 87.3 cm³/mol. The molecule has 1 N–H and O–H groups in total. The van der Waals surface area contributed by atoms with Gasteiger partial charge in [-0.05, 0) is 84.1 Å². The van der Waals surface area contributed by atoms with Crippen LogP contribution >= 0.6 is 11.3 Å². The Kier molecular flexibility index (Phi) is 2.75. The third kappa shape index (κ3) is 1.85. The van der Waals surface area contributed by atoms with E-state index < -0.39 is 0 Å². The number of aliphatic hydroxyl groups excluding tert-OH is 1. The third-order valence-corrected chi connectivity index (χ3v) is 7.47. The molecule has 0 amide bonds. The van der Waals surface area contributed by atoms with Crippen LogP contribution in [0, 0.1) is 29.6 Å². The van der Waals surface area contributed by atoms with E-state index in [0.29, 0.717) is 5.92 Å². The van der Waals surface area contributed by atoms with Gasteiger partial charge in [0.05, 0.1) is 6.10 Å². The molecule has 1 nitrogen and oxygen atoms in total. The smallest absolute Gasteiger partial charge is 0.0837 e. The van der Waals surface area contributed by atoms with Crippen molar-refractivity contribution in [3.63, 3.8) is 0 Å². The van der Waals surface area contributed by atoms with E-state index in [1.165, 1.54) is 47.8 Å². The summed E-state index contributed by atoms with van der Waals surface area (Å²) in [6.45, 7) is 0. The summed E-state index contributed by atoms with van der Waals surface area (Å²) in [6, 6.07) is 8.62. The highest BCUT2D eigenvalue weighted by molar-refractivity contribution is 7.17. The van der Waals surface area contributed by atoms with E-state index in [-0.39, 0.29) is 6.10 Å². The molecule has 0 saturated heterocycles. The van der Waals surface area contributed by atoms with Crippen molar-refractivity contribution in [2.24, 2.45) is 29.6 Å². The Morgan fingerprint density at radius 1 is 0.952 bits per heavy atom. The summed E-state index contributed by atoms with van der Waals surface area (Å²) in [5, 5.41) is 14.6. The number of thiophene rings is 1. The normalized spacial score (nSPS) is 39.0. The maximum absolute atomic E-state index is 11.2. The fourth-order valence-corrected chi connectivity index (χ4v) is 6.89. The van der Waals surface area contributed by atoms with Gasteiger partial charge in [-0.1, -0.05) is 18.2 Å². The average molecular weight is 298 g/mol. The Morgan fingerprint density at radius 3 is 2.38 bits per heavy atom. The maximum Gasteiger partial charge on any atom is 0.0837 e. The first-order valence-electron chi connectivity index (χ1n) is 8.44. The second-order valence-electron chi connectivity index (χ2n) is 7.64. The van der Waals surface area contributed by atoms with Crippen molar-refractivity contribution in [1.29, 1.82) is 0 Å². The molecule has 1 aromatic heterocycles. The molecule has 4 aliphatic carbocycles. The van der Waals surface area contributed by atoms with E-state index >= 15 is 0 Å². The first-order chi connectivity index (χ1) is 10.3. The predicted octanol–water partition coefficient (Wildman–Crippen LogP) is 5.01. The van der Waals surface area contributed by atoms with Gasteiger partial charge in [-0.15, -0.1) is 11.3 Å². The van der Waals surface area contributed by atoms with Gasteiger partial charge in [0.25, 0.3) is 0 Å². The number of hydrogen-bond donors (Lipinski definition) is 1. The van der Waals surface area contributed by atoms with Gasteiger partial charge in [-0.2, -0.15) is 0 Å². The monoisotopic (exact) mass is 298 g/mol. The van der Waals surface area contributed by atoms with Crippen LogP contribution < -0.4 is 0 Å². The van der Waals surface area contributed by atoms with Gasteiger partial charge in [0.2, 0.25) is 0 Å². The zero-order chi connectivity index (χ0) is 14.0. The molecule has 1 atom stereocenters. The van der Waals surface area contributed by atoms with E-state index in [0.717, 1.165) is 23.7 Å². The van der Waals surface area contributed by atoms with Gasteiger partial charge in [-0.3, -0.25) is 0 Å². The van der Waals surface area contributed by atoms with Gasteiger partial charge in [-0.25, -0.2) is 0 Å². The zero-order valence-corrected chi connectivity index (χ0v) is 13.1. The molecule has 0 aliphatic heterocycles. The Hall–Kier alpha value is -0.860. The van der Waals surface area contributed by atoms with Crippen LogP contribution in [-0.2, 0) is 0 Å². The van der Waals surface area contributed by atoms with E-state index in [1.54, 1.807) is 11.3 Å². The van der Waals surface area contributed by atoms with Crippen molar-refractivity contribution in [3.8, 4) is 0 Å². The minimum atomic E-state index is -0.248. The highest BCUT2D eigenvalue weighted by Gasteiger charge is 2.50. The lowest BCUT2D eigenvalue weighted by Crippen LogP contribution is -2.47. The standard InChI is InChI=1S/C19H22OS/c20-18(16-3-1-2-13-4-5-21-19(13)16)17-14-7-11-6-12(9-14)10-15(17)8-11/h1-5,11-12,14-15,17-18,20H,6-10H2. The van der Waals surface area contributed by atoms with Crippen molar-refractivity contribution in [1.82, 2.24) is 0 Å². The molecule has 21 heavy (non-hydrogen) atoms. The van der Waals surface area contributed by atoms with E-state index in [4.69, 9.17) is 0 Å². The van der Waals surface area contributed by atoms with E-state index in [2.05, 4.69) is 29.6 Å². The molecule has 1 aromatic carbocycles. The quantitative estimate of drug-likeness (QED) is 0.826. The Bertz CT molecular complexity index is 645. The molecular weight excluding hydrogens is 276 g/mol. The minimum absolute atomic E-state index is 0.248. The van der Waals surface area contributed by atoms with E-state index in [9.17, 15) is 5.11 Å². The van der Waals surface area contributed by atoms with Crippen molar-refractivity contribution < 1.29 is 5.11 Å². The molecule has 2 aromatic rings. The average Bonchev–Trinajstić information content (AvgIpc) is 2.94. The van der Waals surface area contributed by atoms with Crippen LogP contribution in [0.4, 0.5) is 0 Å². The summed E-state index contributed by atoms with van der Waals surface area (Å²) in [5.41, 5.74) is 1.19. The molecule has 2 heteroatoms. The number of rotatable bonds is 2. The fourth-order valence-electron chi connectivity index (χ4n) is 5.94. The molecule has 4 bridgehead atoms. The van der Waals surface area contributed by atoms with Crippen LogP contribution in [0.25, 0.3) is 10.1 Å². The van der Waals surface area contributed by atoms with Crippen LogP contribution in [-0.4, -0.2) is 5.11 Å². The maximum atomic E-state index is 11.2. The zero-order valence-electron chi connectivity index (χ0n) is 12.2. The Labute approximate surface area is 130 Å². The SMILES string of the molecule is OC(c1cccc2ccsc12)C1C2CC3CC(C2)CC1C3. The largest absolute Gasteiger partial charge is 0.388 e. The van der Waals surface area contributed by atoms with Gasteiger partial charge in [0.15, 0.2) is 0 Å². The highest BCUT2D eigenvalue weighted by Crippen LogP contribution is 2.59. The van der Waals surface area contributed by atoms with Crippen molar-refractivity contribution in [3.05, 3.63) is 35.2 Å². The minimum Gasteiger partial charge on any atom is -0.388 e. The molecule has 0 radical (unpaired) electrons. The van der Waals surface area contributed by atoms with Crippen LogP contribution in [0.1, 0.15) is 43.8 Å². The molecular formula is C19H22OS. The Morgan fingerprint density at radius 2 is 1.67 bits per heavy atom. The molecule has 1 unspecified atom stereocenters. The van der Waals surface area contributed by atoms with Crippen LogP contribution in [0.3, 0.4) is 0 Å². The molecule has 4 fully saturated rings. The van der Waals surface area contributed by atoms with Gasteiger partial charge >= 0.3 is 0 Å². The summed E-state index contributed by atoms with van der Waals surface area (Å²) in [6.07, 6.45) is 6.77. The van der Waals surface area contributed by atoms with Crippen molar-refractivity contribution in [2.75, 3.05) is 0 Å². The molecule has 0 spiro atoms. The number of fused-ring (bicyclic) bond motifs is 1. The first kappa shape index (κ1) is 12.7. The summed E-state index contributed by atoms with van der Waals surface area (Å²) in [4.78, 5) is 0. The summed E-state index contributed by atoms with van der Waals surface area (Å²) < 4.78 is 1.30.